The van der Waals surface area contributed by atoms with Gasteiger partial charge in [-0.3, -0.25) is 9.59 Å². The van der Waals surface area contributed by atoms with Crippen molar-refractivity contribution >= 4 is 29.2 Å². The Balaban J connectivity index is 2.25. The first-order valence-electron chi connectivity index (χ1n) is 5.11. The Morgan fingerprint density at radius 3 is 2.37 bits per heavy atom. The Kier molecular flexibility index (Phi) is 3.67. The van der Waals surface area contributed by atoms with Gasteiger partial charge in [-0.1, -0.05) is 11.6 Å². The molecule has 2 heterocycles. The Bertz CT molecular complexity index is 629. The molecule has 0 saturated carbocycles. The second-order valence-corrected chi connectivity index (χ2v) is 3.87. The Morgan fingerprint density at radius 2 is 1.79 bits per heavy atom. The molecule has 0 radical (unpaired) electrons. The van der Waals surface area contributed by atoms with Gasteiger partial charge in [0.05, 0.1) is 5.02 Å². The lowest BCUT2D eigenvalue weighted by Gasteiger charge is -2.05. The van der Waals surface area contributed by atoms with Crippen molar-refractivity contribution in [3.05, 3.63) is 47.1 Å². The number of aromatic nitrogens is 3. The van der Waals surface area contributed by atoms with Crippen molar-refractivity contribution in [2.24, 2.45) is 5.73 Å². The minimum Gasteiger partial charge on any atom is -0.364 e. The number of halogens is 1. The Morgan fingerprint density at radius 1 is 1.11 bits per heavy atom. The summed E-state index contributed by atoms with van der Waals surface area (Å²) < 4.78 is 0. The van der Waals surface area contributed by atoms with Crippen LogP contribution in [-0.2, 0) is 0 Å². The van der Waals surface area contributed by atoms with Crippen LogP contribution in [0.4, 0.5) is 5.82 Å². The molecule has 0 aromatic carbocycles. The number of rotatable bonds is 3. The van der Waals surface area contributed by atoms with Gasteiger partial charge in [0, 0.05) is 18.6 Å². The minimum atomic E-state index is -0.831. The first-order valence-corrected chi connectivity index (χ1v) is 5.49. The highest BCUT2D eigenvalue weighted by atomic mass is 35.5. The lowest BCUT2D eigenvalue weighted by molar-refractivity contribution is 0.0969. The molecule has 0 aliphatic carbocycles. The van der Waals surface area contributed by atoms with E-state index in [9.17, 15) is 9.59 Å². The van der Waals surface area contributed by atoms with E-state index >= 15 is 0 Å². The van der Waals surface area contributed by atoms with Crippen LogP contribution in [0.25, 0.3) is 0 Å². The minimum absolute atomic E-state index is 0.160. The van der Waals surface area contributed by atoms with E-state index in [2.05, 4.69) is 20.3 Å². The molecule has 2 aromatic heterocycles. The standard InChI is InChI=1S/C11H8ClN5O2/c12-6-1-2-7(16-5-6)17-11(19)9-8(10(13)18)14-3-4-15-9/h1-5H,(H2,13,18)(H,16,17,19). The number of hydrogen-bond acceptors (Lipinski definition) is 5. The van der Waals surface area contributed by atoms with E-state index < -0.39 is 11.8 Å². The molecule has 96 valence electrons. The number of anilines is 1. The fourth-order valence-electron chi connectivity index (χ4n) is 1.31. The maximum absolute atomic E-state index is 11.9. The first kappa shape index (κ1) is 12.9. The third-order valence-corrected chi connectivity index (χ3v) is 2.34. The molecule has 0 unspecified atom stereocenters. The number of primary amides is 1. The number of nitrogens with two attached hydrogens (primary N) is 1. The average molecular weight is 278 g/mol. The molecule has 0 aliphatic heterocycles. The molecule has 0 fully saturated rings. The molecule has 0 saturated heterocycles. The van der Waals surface area contributed by atoms with Crippen LogP contribution in [-0.4, -0.2) is 26.8 Å². The summed E-state index contributed by atoms with van der Waals surface area (Å²) in [6.07, 6.45) is 3.94. The van der Waals surface area contributed by atoms with Gasteiger partial charge >= 0.3 is 0 Å². The largest absolute Gasteiger partial charge is 0.364 e. The summed E-state index contributed by atoms with van der Waals surface area (Å²) in [5.41, 5.74) is 4.75. The second-order valence-electron chi connectivity index (χ2n) is 3.43. The van der Waals surface area contributed by atoms with Crippen LogP contribution >= 0.6 is 11.6 Å². The zero-order valence-corrected chi connectivity index (χ0v) is 10.3. The quantitative estimate of drug-likeness (QED) is 0.865. The van der Waals surface area contributed by atoms with Gasteiger partial charge in [0.15, 0.2) is 11.4 Å². The van der Waals surface area contributed by atoms with E-state index in [4.69, 9.17) is 17.3 Å². The normalized spacial score (nSPS) is 9.95. The van der Waals surface area contributed by atoms with Crippen molar-refractivity contribution < 1.29 is 9.59 Å². The van der Waals surface area contributed by atoms with Gasteiger partial charge in [0.25, 0.3) is 11.8 Å². The molecular formula is C11H8ClN5O2. The predicted octanol–water partition coefficient (Wildman–Crippen LogP) is 0.876. The van der Waals surface area contributed by atoms with Crippen LogP contribution in [0.3, 0.4) is 0 Å². The van der Waals surface area contributed by atoms with Crippen LogP contribution in [0.1, 0.15) is 21.0 Å². The van der Waals surface area contributed by atoms with Gasteiger partial charge in [-0.25, -0.2) is 15.0 Å². The van der Waals surface area contributed by atoms with Crippen molar-refractivity contribution in [1.29, 1.82) is 0 Å². The van der Waals surface area contributed by atoms with Crippen molar-refractivity contribution in [3.63, 3.8) is 0 Å². The van der Waals surface area contributed by atoms with Crippen molar-refractivity contribution in [2.75, 3.05) is 5.32 Å². The predicted molar refractivity (Wildman–Crippen MR) is 67.8 cm³/mol. The number of pyridine rings is 1. The molecule has 2 amide bonds. The van der Waals surface area contributed by atoms with Crippen LogP contribution in [0.2, 0.25) is 5.02 Å². The highest BCUT2D eigenvalue weighted by Crippen LogP contribution is 2.11. The van der Waals surface area contributed by atoms with Crippen molar-refractivity contribution in [2.45, 2.75) is 0 Å². The summed E-state index contributed by atoms with van der Waals surface area (Å²) in [6, 6.07) is 3.08. The molecular weight excluding hydrogens is 270 g/mol. The number of amides is 2. The molecule has 0 spiro atoms. The van der Waals surface area contributed by atoms with E-state index in [1.807, 2.05) is 0 Å². The van der Waals surface area contributed by atoms with E-state index in [0.717, 1.165) is 0 Å². The van der Waals surface area contributed by atoms with Crippen LogP contribution in [0.15, 0.2) is 30.7 Å². The Hall–Kier alpha value is -2.54. The summed E-state index contributed by atoms with van der Waals surface area (Å²) in [5.74, 6) is -1.19. The van der Waals surface area contributed by atoms with E-state index in [-0.39, 0.29) is 17.2 Å². The summed E-state index contributed by atoms with van der Waals surface area (Å²) in [5, 5.41) is 2.90. The molecule has 19 heavy (non-hydrogen) atoms. The first-order chi connectivity index (χ1) is 9.08. The van der Waals surface area contributed by atoms with Crippen molar-refractivity contribution in [3.8, 4) is 0 Å². The van der Waals surface area contributed by atoms with Crippen LogP contribution < -0.4 is 11.1 Å². The molecule has 0 atom stereocenters. The van der Waals surface area contributed by atoms with Gasteiger partial charge in [-0.05, 0) is 12.1 Å². The van der Waals surface area contributed by atoms with E-state index in [1.54, 1.807) is 6.07 Å². The number of carbonyl (C=O) groups excluding carboxylic acids is 2. The summed E-state index contributed by atoms with van der Waals surface area (Å²) in [7, 11) is 0. The zero-order valence-electron chi connectivity index (χ0n) is 9.50. The van der Waals surface area contributed by atoms with E-state index in [1.165, 1.54) is 24.7 Å². The Labute approximate surface area is 112 Å². The van der Waals surface area contributed by atoms with Crippen molar-refractivity contribution in [1.82, 2.24) is 15.0 Å². The monoisotopic (exact) mass is 277 g/mol. The fraction of sp³-hybridized carbons (Fsp3) is 0. The smallest absolute Gasteiger partial charge is 0.277 e. The average Bonchev–Trinajstić information content (AvgIpc) is 2.41. The maximum atomic E-state index is 11.9. The zero-order chi connectivity index (χ0) is 13.8. The van der Waals surface area contributed by atoms with Gasteiger partial charge in [0.2, 0.25) is 0 Å². The number of carbonyl (C=O) groups is 2. The van der Waals surface area contributed by atoms with Gasteiger partial charge in [0.1, 0.15) is 5.82 Å². The second kappa shape index (κ2) is 5.40. The lowest BCUT2D eigenvalue weighted by atomic mass is 10.2. The molecule has 0 aliphatic rings. The summed E-state index contributed by atoms with van der Waals surface area (Å²) >= 11 is 5.67. The van der Waals surface area contributed by atoms with Gasteiger partial charge < -0.3 is 11.1 Å². The number of hydrogen-bond donors (Lipinski definition) is 2. The molecule has 8 heteroatoms. The summed E-state index contributed by atoms with van der Waals surface area (Å²) in [4.78, 5) is 34.4. The van der Waals surface area contributed by atoms with Crippen LogP contribution in [0, 0.1) is 0 Å². The third kappa shape index (κ3) is 3.02. The molecule has 2 rings (SSSR count). The fourth-order valence-corrected chi connectivity index (χ4v) is 1.42. The van der Waals surface area contributed by atoms with E-state index in [0.29, 0.717) is 5.02 Å². The summed E-state index contributed by atoms with van der Waals surface area (Å²) in [6.45, 7) is 0. The third-order valence-electron chi connectivity index (χ3n) is 2.12. The molecule has 0 bridgehead atoms. The molecule has 3 N–H and O–H groups in total. The topological polar surface area (TPSA) is 111 Å². The molecule has 2 aromatic rings. The lowest BCUT2D eigenvalue weighted by Crippen LogP contribution is -2.23. The number of nitrogens with one attached hydrogen (secondary N) is 1. The highest BCUT2D eigenvalue weighted by molar-refractivity contribution is 6.30. The SMILES string of the molecule is NC(=O)c1nccnc1C(=O)Nc1ccc(Cl)cn1. The number of nitrogens with zero attached hydrogens (tertiary/aromatic N) is 3. The molecule has 7 nitrogen and oxygen atoms in total. The van der Waals surface area contributed by atoms with Gasteiger partial charge in [-0.2, -0.15) is 0 Å². The maximum Gasteiger partial charge on any atom is 0.277 e. The highest BCUT2D eigenvalue weighted by Gasteiger charge is 2.18. The van der Waals surface area contributed by atoms with Crippen LogP contribution in [0.5, 0.6) is 0 Å². The van der Waals surface area contributed by atoms with Gasteiger partial charge in [-0.15, -0.1) is 0 Å².